The van der Waals surface area contributed by atoms with Gasteiger partial charge >= 0.3 is 0 Å². The number of aliphatic hydroxyl groups is 1. The zero-order chi connectivity index (χ0) is 17.5. The number of amides is 1. The van der Waals surface area contributed by atoms with Gasteiger partial charge in [-0.2, -0.15) is 0 Å². The molecule has 1 amide bonds. The van der Waals surface area contributed by atoms with Crippen molar-refractivity contribution in [2.75, 3.05) is 6.61 Å². The molecule has 1 aromatic carbocycles. The summed E-state index contributed by atoms with van der Waals surface area (Å²) in [6.45, 7) is 3.99. The Morgan fingerprint density at radius 2 is 2.08 bits per heavy atom. The number of aliphatic hydroxyl groups excluding tert-OH is 1. The van der Waals surface area contributed by atoms with Gasteiger partial charge in [-0.15, -0.1) is 0 Å². The molecule has 24 heavy (non-hydrogen) atoms. The molecule has 2 aromatic rings. The van der Waals surface area contributed by atoms with Crippen LogP contribution in [0.5, 0.6) is 0 Å². The number of pyridine rings is 1. The first-order valence-electron chi connectivity index (χ1n) is 7.75. The molecule has 4 nitrogen and oxygen atoms in total. The van der Waals surface area contributed by atoms with Gasteiger partial charge in [0.05, 0.1) is 12.6 Å². The Kier molecular flexibility index (Phi) is 6.53. The molecule has 0 saturated heterocycles. The monoisotopic (exact) mass is 344 g/mol. The molecule has 2 rings (SSSR count). The minimum Gasteiger partial charge on any atom is -0.394 e. The number of nitrogens with zero attached hydrogens (tertiary/aromatic N) is 1. The molecule has 0 aliphatic rings. The molecule has 0 aliphatic heterocycles. The second-order valence-electron chi connectivity index (χ2n) is 5.76. The maximum absolute atomic E-state index is 12.0. The smallest absolute Gasteiger partial charge is 0.244 e. The average molecular weight is 345 g/mol. The van der Waals surface area contributed by atoms with Crippen molar-refractivity contribution < 1.29 is 9.90 Å². The van der Waals surface area contributed by atoms with Gasteiger partial charge in [0.25, 0.3) is 0 Å². The van der Waals surface area contributed by atoms with Crippen LogP contribution in [0.1, 0.15) is 22.3 Å². The molecule has 2 N–H and O–H groups in total. The van der Waals surface area contributed by atoms with Crippen LogP contribution in [0.3, 0.4) is 0 Å². The summed E-state index contributed by atoms with van der Waals surface area (Å²) in [6.07, 6.45) is 5.25. The highest BCUT2D eigenvalue weighted by atomic mass is 35.5. The van der Waals surface area contributed by atoms with Crippen LogP contribution >= 0.6 is 11.6 Å². The fourth-order valence-electron chi connectivity index (χ4n) is 2.28. The Morgan fingerprint density at radius 3 is 2.71 bits per heavy atom. The number of hydrogen-bond donors (Lipinski definition) is 2. The number of carbonyl (C=O) groups excluding carboxylic acids is 1. The van der Waals surface area contributed by atoms with Gasteiger partial charge in [0.2, 0.25) is 5.91 Å². The molecule has 0 fully saturated rings. The predicted molar refractivity (Wildman–Crippen MR) is 96.9 cm³/mol. The molecule has 1 aromatic heterocycles. The molecular weight excluding hydrogens is 324 g/mol. The normalized spacial score (nSPS) is 12.3. The maximum atomic E-state index is 12.0. The number of rotatable bonds is 6. The van der Waals surface area contributed by atoms with Gasteiger partial charge in [-0.1, -0.05) is 35.9 Å². The second kappa shape index (κ2) is 8.62. The molecule has 0 bridgehead atoms. The van der Waals surface area contributed by atoms with Crippen molar-refractivity contribution in [1.29, 1.82) is 0 Å². The summed E-state index contributed by atoms with van der Waals surface area (Å²) in [5, 5.41) is 12.7. The fraction of sp³-hybridized carbons (Fsp3) is 0.263. The zero-order valence-electron chi connectivity index (χ0n) is 13.8. The van der Waals surface area contributed by atoms with Crippen LogP contribution in [0.25, 0.3) is 6.08 Å². The highest BCUT2D eigenvalue weighted by Crippen LogP contribution is 2.12. The third-order valence-corrected chi connectivity index (χ3v) is 4.02. The van der Waals surface area contributed by atoms with E-state index in [1.807, 2.05) is 19.1 Å². The Balaban J connectivity index is 1.94. The number of carbonyl (C=O) groups is 1. The van der Waals surface area contributed by atoms with Crippen molar-refractivity contribution in [2.24, 2.45) is 0 Å². The lowest BCUT2D eigenvalue weighted by Gasteiger charge is -2.16. The van der Waals surface area contributed by atoms with E-state index in [-0.39, 0.29) is 18.6 Å². The van der Waals surface area contributed by atoms with E-state index in [4.69, 9.17) is 11.6 Å². The van der Waals surface area contributed by atoms with E-state index in [1.54, 1.807) is 24.4 Å². The van der Waals surface area contributed by atoms with Gasteiger partial charge in [0.15, 0.2) is 0 Å². The number of aryl methyl sites for hydroxylation is 2. The van der Waals surface area contributed by atoms with E-state index in [0.29, 0.717) is 11.6 Å². The Hall–Kier alpha value is -2.17. The van der Waals surface area contributed by atoms with E-state index in [0.717, 1.165) is 11.1 Å². The molecule has 1 atom stereocenters. The largest absolute Gasteiger partial charge is 0.394 e. The van der Waals surface area contributed by atoms with E-state index >= 15 is 0 Å². The lowest BCUT2D eigenvalue weighted by Crippen LogP contribution is -2.38. The summed E-state index contributed by atoms with van der Waals surface area (Å²) in [6, 6.07) is 9.26. The highest BCUT2D eigenvalue weighted by molar-refractivity contribution is 6.29. The number of hydrogen-bond acceptors (Lipinski definition) is 3. The standard InChI is InChI=1S/C19H21ClN2O2/c1-13-3-4-16(9-14(13)2)10-17(12-23)22-19(24)8-6-15-5-7-18(20)21-11-15/h3-9,11,17,23H,10,12H2,1-2H3,(H,22,24)/b8-6+. The Bertz CT molecular complexity index is 727. The topological polar surface area (TPSA) is 62.2 Å². The molecular formula is C19H21ClN2O2. The average Bonchev–Trinajstić information content (AvgIpc) is 2.57. The molecule has 0 saturated carbocycles. The van der Waals surface area contributed by atoms with E-state index < -0.39 is 0 Å². The maximum Gasteiger partial charge on any atom is 0.244 e. The van der Waals surface area contributed by atoms with Crippen molar-refractivity contribution in [3.63, 3.8) is 0 Å². The molecule has 0 spiro atoms. The van der Waals surface area contributed by atoms with Crippen molar-refractivity contribution >= 4 is 23.6 Å². The van der Waals surface area contributed by atoms with E-state index in [9.17, 15) is 9.90 Å². The molecule has 126 valence electrons. The third-order valence-electron chi connectivity index (χ3n) is 3.80. The van der Waals surface area contributed by atoms with Crippen molar-refractivity contribution in [2.45, 2.75) is 26.3 Å². The van der Waals surface area contributed by atoms with Crippen molar-refractivity contribution in [1.82, 2.24) is 10.3 Å². The van der Waals surface area contributed by atoms with Crippen molar-refractivity contribution in [3.05, 3.63) is 70.0 Å². The lowest BCUT2D eigenvalue weighted by molar-refractivity contribution is -0.117. The molecule has 1 heterocycles. The molecule has 5 heteroatoms. The molecule has 0 aliphatic carbocycles. The fourth-order valence-corrected chi connectivity index (χ4v) is 2.40. The Labute approximate surface area is 147 Å². The minimum absolute atomic E-state index is 0.116. The van der Waals surface area contributed by atoms with Crippen LogP contribution in [0, 0.1) is 13.8 Å². The summed E-state index contributed by atoms with van der Waals surface area (Å²) in [5.41, 5.74) is 4.29. The van der Waals surface area contributed by atoms with E-state index in [2.05, 4.69) is 23.3 Å². The van der Waals surface area contributed by atoms with Crippen LogP contribution in [0.15, 0.2) is 42.6 Å². The quantitative estimate of drug-likeness (QED) is 0.625. The van der Waals surface area contributed by atoms with Gasteiger partial charge in [-0.3, -0.25) is 4.79 Å². The van der Waals surface area contributed by atoms with Crippen LogP contribution in [0.2, 0.25) is 5.15 Å². The first-order valence-corrected chi connectivity index (χ1v) is 8.13. The number of halogens is 1. The predicted octanol–water partition coefficient (Wildman–Crippen LogP) is 3.08. The third kappa shape index (κ3) is 5.48. The summed E-state index contributed by atoms with van der Waals surface area (Å²) < 4.78 is 0. The summed E-state index contributed by atoms with van der Waals surface area (Å²) in [7, 11) is 0. The van der Waals surface area contributed by atoms with Crippen LogP contribution in [-0.2, 0) is 11.2 Å². The minimum atomic E-state index is -0.326. The van der Waals surface area contributed by atoms with Crippen LogP contribution in [-0.4, -0.2) is 28.6 Å². The molecule has 0 radical (unpaired) electrons. The second-order valence-corrected chi connectivity index (χ2v) is 6.15. The number of aromatic nitrogens is 1. The Morgan fingerprint density at radius 1 is 1.29 bits per heavy atom. The van der Waals surface area contributed by atoms with Crippen LogP contribution in [0.4, 0.5) is 0 Å². The van der Waals surface area contributed by atoms with Gasteiger partial charge < -0.3 is 10.4 Å². The summed E-state index contributed by atoms with van der Waals surface area (Å²) in [5.74, 6) is -0.257. The first kappa shape index (κ1) is 18.2. The SMILES string of the molecule is Cc1ccc(CC(CO)NC(=O)/C=C/c2ccc(Cl)nc2)cc1C. The number of benzene rings is 1. The summed E-state index contributed by atoms with van der Waals surface area (Å²) >= 11 is 5.72. The first-order chi connectivity index (χ1) is 11.5. The van der Waals surface area contributed by atoms with Gasteiger partial charge in [0, 0.05) is 12.3 Å². The van der Waals surface area contributed by atoms with Gasteiger partial charge in [-0.05, 0) is 54.7 Å². The highest BCUT2D eigenvalue weighted by Gasteiger charge is 2.11. The summed E-state index contributed by atoms with van der Waals surface area (Å²) in [4.78, 5) is 16.0. The van der Waals surface area contributed by atoms with E-state index in [1.165, 1.54) is 17.2 Å². The number of nitrogens with one attached hydrogen (secondary N) is 1. The molecule has 1 unspecified atom stereocenters. The van der Waals surface area contributed by atoms with Gasteiger partial charge in [0.1, 0.15) is 5.15 Å². The van der Waals surface area contributed by atoms with Crippen LogP contribution < -0.4 is 5.32 Å². The lowest BCUT2D eigenvalue weighted by atomic mass is 10.0. The zero-order valence-corrected chi connectivity index (χ0v) is 14.5. The van der Waals surface area contributed by atoms with Gasteiger partial charge in [-0.25, -0.2) is 4.98 Å². The van der Waals surface area contributed by atoms with Crippen molar-refractivity contribution in [3.8, 4) is 0 Å².